The highest BCUT2D eigenvalue weighted by atomic mass is 32.2. The van der Waals surface area contributed by atoms with E-state index in [4.69, 9.17) is 4.74 Å². The van der Waals surface area contributed by atoms with E-state index >= 15 is 0 Å². The van der Waals surface area contributed by atoms with Gasteiger partial charge in [-0.2, -0.15) is 0 Å². The van der Waals surface area contributed by atoms with Crippen LogP contribution >= 0.6 is 0 Å². The molecule has 1 aliphatic heterocycles. The third kappa shape index (κ3) is 4.30. The summed E-state index contributed by atoms with van der Waals surface area (Å²) in [6.07, 6.45) is 0.668. The lowest BCUT2D eigenvalue weighted by Crippen LogP contribution is -2.40. The Balaban J connectivity index is 1.79. The molecule has 6 nitrogen and oxygen atoms in total. The van der Waals surface area contributed by atoms with Crippen LogP contribution in [0.5, 0.6) is 5.75 Å². The quantitative estimate of drug-likeness (QED) is 0.853. The summed E-state index contributed by atoms with van der Waals surface area (Å²) in [4.78, 5) is 12.8. The minimum Gasteiger partial charge on any atom is -0.478 e. The molecule has 0 spiro atoms. The molecule has 2 aromatic rings. The first-order valence-electron chi connectivity index (χ1n) is 9.27. The zero-order valence-electron chi connectivity index (χ0n) is 16.6. The summed E-state index contributed by atoms with van der Waals surface area (Å²) in [6.45, 7) is 6.20. The van der Waals surface area contributed by atoms with Crippen molar-refractivity contribution in [2.75, 3.05) is 17.1 Å². The molecule has 0 bridgehead atoms. The van der Waals surface area contributed by atoms with Gasteiger partial charge in [0.1, 0.15) is 5.75 Å². The number of amides is 1. The van der Waals surface area contributed by atoms with Gasteiger partial charge in [-0.1, -0.05) is 30.3 Å². The number of benzene rings is 2. The van der Waals surface area contributed by atoms with E-state index in [1.165, 1.54) is 15.4 Å². The van der Waals surface area contributed by atoms with Gasteiger partial charge in [-0.05, 0) is 49.6 Å². The molecule has 0 saturated heterocycles. The first kappa shape index (κ1) is 20.2. The van der Waals surface area contributed by atoms with Crippen LogP contribution in [0.1, 0.15) is 36.1 Å². The van der Waals surface area contributed by atoms with Crippen molar-refractivity contribution in [3.8, 4) is 5.75 Å². The molecule has 0 aliphatic carbocycles. The third-order valence-electron chi connectivity index (χ3n) is 5.08. The van der Waals surface area contributed by atoms with E-state index < -0.39 is 16.1 Å². The predicted molar refractivity (Wildman–Crippen MR) is 110 cm³/mol. The van der Waals surface area contributed by atoms with Crippen molar-refractivity contribution in [1.29, 1.82) is 0 Å². The zero-order chi connectivity index (χ0) is 20.5. The number of hydrogen-bond acceptors (Lipinski definition) is 4. The Hall–Kier alpha value is -2.54. The maximum absolute atomic E-state index is 12.8. The number of anilines is 1. The molecular formula is C21H26N2O4S. The molecule has 7 heteroatoms. The van der Waals surface area contributed by atoms with E-state index in [0.717, 1.165) is 11.8 Å². The molecule has 0 saturated carbocycles. The van der Waals surface area contributed by atoms with Gasteiger partial charge >= 0.3 is 0 Å². The standard InChI is InChI=1S/C21H26N2O4S/c1-14-9-10-17(13-15(14)2)16(3)22-21(24)20-11-12-23(28(4,25)26)18-7-5-6-8-19(18)27-20/h5-10,13,16,20H,11-12H2,1-4H3,(H,22,24). The minimum atomic E-state index is -3.47. The van der Waals surface area contributed by atoms with Gasteiger partial charge in [0.2, 0.25) is 10.0 Å². The Labute approximate surface area is 166 Å². The fourth-order valence-corrected chi connectivity index (χ4v) is 4.23. The number of fused-ring (bicyclic) bond motifs is 1. The Kier molecular flexibility index (Phi) is 5.65. The van der Waals surface area contributed by atoms with Gasteiger partial charge in [0.15, 0.2) is 6.10 Å². The fourth-order valence-electron chi connectivity index (χ4n) is 3.28. The second kappa shape index (κ2) is 7.83. The smallest absolute Gasteiger partial charge is 0.261 e. The molecule has 28 heavy (non-hydrogen) atoms. The van der Waals surface area contributed by atoms with Crippen LogP contribution in [0.3, 0.4) is 0 Å². The molecule has 0 aromatic heterocycles. The van der Waals surface area contributed by atoms with E-state index in [1.54, 1.807) is 24.3 Å². The normalized spacial score (nSPS) is 17.9. The third-order valence-corrected chi connectivity index (χ3v) is 6.26. The molecular weight excluding hydrogens is 376 g/mol. The summed E-state index contributed by atoms with van der Waals surface area (Å²) < 4.78 is 31.5. The second-order valence-corrected chi connectivity index (χ2v) is 9.18. The summed E-state index contributed by atoms with van der Waals surface area (Å²) >= 11 is 0. The van der Waals surface area contributed by atoms with Crippen molar-refractivity contribution >= 4 is 21.6 Å². The van der Waals surface area contributed by atoms with Gasteiger partial charge in [-0.3, -0.25) is 9.10 Å². The maximum Gasteiger partial charge on any atom is 0.261 e. The molecule has 2 atom stereocenters. The van der Waals surface area contributed by atoms with Crippen LogP contribution in [0.25, 0.3) is 0 Å². The number of rotatable bonds is 4. The largest absolute Gasteiger partial charge is 0.478 e. The second-order valence-electron chi connectivity index (χ2n) is 7.27. The molecule has 2 unspecified atom stereocenters. The van der Waals surface area contributed by atoms with Crippen molar-refractivity contribution < 1.29 is 17.9 Å². The van der Waals surface area contributed by atoms with E-state index in [2.05, 4.69) is 11.4 Å². The lowest BCUT2D eigenvalue weighted by molar-refractivity contribution is -0.128. The molecule has 1 heterocycles. The van der Waals surface area contributed by atoms with Crippen LogP contribution in [0.4, 0.5) is 5.69 Å². The summed E-state index contributed by atoms with van der Waals surface area (Å²) in [6, 6.07) is 12.8. The minimum absolute atomic E-state index is 0.181. The van der Waals surface area contributed by atoms with E-state index in [0.29, 0.717) is 11.4 Å². The van der Waals surface area contributed by atoms with Gasteiger partial charge in [0.05, 0.1) is 18.0 Å². The zero-order valence-corrected chi connectivity index (χ0v) is 17.4. The van der Waals surface area contributed by atoms with Crippen LogP contribution in [-0.4, -0.2) is 33.2 Å². The highest BCUT2D eigenvalue weighted by Gasteiger charge is 2.31. The highest BCUT2D eigenvalue weighted by Crippen LogP contribution is 2.34. The summed E-state index contributed by atoms with van der Waals surface area (Å²) in [5.41, 5.74) is 3.85. The molecule has 0 radical (unpaired) electrons. The first-order chi connectivity index (χ1) is 13.2. The number of carbonyl (C=O) groups excluding carboxylic acids is 1. The molecule has 1 N–H and O–H groups in total. The van der Waals surface area contributed by atoms with Gasteiger partial charge < -0.3 is 10.1 Å². The van der Waals surface area contributed by atoms with Gasteiger partial charge in [0, 0.05) is 13.0 Å². The van der Waals surface area contributed by atoms with E-state index in [-0.39, 0.29) is 24.9 Å². The number of sulfonamides is 1. The van der Waals surface area contributed by atoms with Crippen molar-refractivity contribution in [1.82, 2.24) is 5.32 Å². The topological polar surface area (TPSA) is 75.7 Å². The van der Waals surface area contributed by atoms with Crippen molar-refractivity contribution in [3.05, 3.63) is 59.2 Å². The van der Waals surface area contributed by atoms with Crippen LogP contribution in [-0.2, 0) is 14.8 Å². The lowest BCUT2D eigenvalue weighted by atomic mass is 10.0. The number of para-hydroxylation sites is 2. The van der Waals surface area contributed by atoms with Crippen molar-refractivity contribution in [3.63, 3.8) is 0 Å². The Morgan fingerprint density at radius 1 is 1.18 bits per heavy atom. The maximum atomic E-state index is 12.8. The van der Waals surface area contributed by atoms with Gasteiger partial charge in [-0.15, -0.1) is 0 Å². The number of nitrogens with zero attached hydrogens (tertiary/aromatic N) is 1. The SMILES string of the molecule is Cc1ccc(C(C)NC(=O)C2CCN(S(C)(=O)=O)c3ccccc3O2)cc1C. The Bertz CT molecular complexity index is 988. The average Bonchev–Trinajstić information content (AvgIpc) is 2.83. The number of nitrogens with one attached hydrogen (secondary N) is 1. The van der Waals surface area contributed by atoms with Gasteiger partial charge in [0.25, 0.3) is 5.91 Å². The molecule has 3 rings (SSSR count). The number of carbonyl (C=O) groups is 1. The van der Waals surface area contributed by atoms with Crippen LogP contribution in [0, 0.1) is 13.8 Å². The number of ether oxygens (including phenoxy) is 1. The van der Waals surface area contributed by atoms with E-state index in [1.807, 2.05) is 32.9 Å². The summed E-state index contributed by atoms with van der Waals surface area (Å²) in [5.74, 6) is 0.139. The summed E-state index contributed by atoms with van der Waals surface area (Å²) in [7, 11) is -3.47. The van der Waals surface area contributed by atoms with Crippen LogP contribution in [0.2, 0.25) is 0 Å². The van der Waals surface area contributed by atoms with Gasteiger partial charge in [-0.25, -0.2) is 8.42 Å². The highest BCUT2D eigenvalue weighted by molar-refractivity contribution is 7.92. The monoisotopic (exact) mass is 402 g/mol. The number of hydrogen-bond donors (Lipinski definition) is 1. The first-order valence-corrected chi connectivity index (χ1v) is 11.1. The molecule has 1 aliphatic rings. The summed E-state index contributed by atoms with van der Waals surface area (Å²) in [5, 5.41) is 2.99. The van der Waals surface area contributed by atoms with Crippen LogP contribution in [0.15, 0.2) is 42.5 Å². The van der Waals surface area contributed by atoms with Crippen molar-refractivity contribution in [2.24, 2.45) is 0 Å². The predicted octanol–water partition coefficient (Wildman–Crippen LogP) is 3.10. The van der Waals surface area contributed by atoms with E-state index in [9.17, 15) is 13.2 Å². The molecule has 150 valence electrons. The Morgan fingerprint density at radius 3 is 2.57 bits per heavy atom. The molecule has 2 aromatic carbocycles. The fraction of sp³-hybridized carbons (Fsp3) is 0.381. The Morgan fingerprint density at radius 2 is 1.89 bits per heavy atom. The number of aryl methyl sites for hydroxylation is 2. The van der Waals surface area contributed by atoms with Crippen molar-refractivity contribution in [2.45, 2.75) is 39.3 Å². The molecule has 0 fully saturated rings. The van der Waals surface area contributed by atoms with Crippen LogP contribution < -0.4 is 14.4 Å². The average molecular weight is 403 g/mol. The molecule has 1 amide bonds. The lowest BCUT2D eigenvalue weighted by Gasteiger charge is -2.21.